The van der Waals surface area contributed by atoms with Crippen molar-refractivity contribution in [3.63, 3.8) is 0 Å². The summed E-state index contributed by atoms with van der Waals surface area (Å²) in [4.78, 5) is 22.6. The number of nitrogens with zero attached hydrogens (tertiary/aromatic N) is 3. The van der Waals surface area contributed by atoms with Crippen molar-refractivity contribution in [1.82, 2.24) is 20.5 Å². The summed E-state index contributed by atoms with van der Waals surface area (Å²) in [7, 11) is 1.85. The first kappa shape index (κ1) is 12.3. The summed E-state index contributed by atoms with van der Waals surface area (Å²) in [5.74, 6) is -0.383. The fourth-order valence-electron chi connectivity index (χ4n) is 1.64. The molecule has 0 aromatic carbocycles. The van der Waals surface area contributed by atoms with Gasteiger partial charge < -0.3 is 5.32 Å². The molecule has 7 heteroatoms. The molecule has 2 rings (SSSR count). The van der Waals surface area contributed by atoms with Crippen LogP contribution in [0, 0.1) is 0 Å². The van der Waals surface area contributed by atoms with Gasteiger partial charge in [-0.1, -0.05) is 0 Å². The molecule has 1 aromatic heterocycles. The molecule has 0 unspecified atom stereocenters. The molecule has 0 radical (unpaired) electrons. The van der Waals surface area contributed by atoms with E-state index in [1.54, 1.807) is 4.68 Å². The van der Waals surface area contributed by atoms with Crippen LogP contribution in [0.25, 0.3) is 0 Å². The van der Waals surface area contributed by atoms with E-state index in [0.717, 1.165) is 5.69 Å². The molecule has 0 bridgehead atoms. The van der Waals surface area contributed by atoms with E-state index < -0.39 is 0 Å². The lowest BCUT2D eigenvalue weighted by molar-refractivity contribution is -0.121. The molecular weight excluding hydrogens is 234 g/mol. The van der Waals surface area contributed by atoms with Crippen molar-refractivity contribution in [1.29, 1.82) is 0 Å². The molecule has 96 valence electrons. The Hall–Kier alpha value is -2.18. The van der Waals surface area contributed by atoms with Crippen molar-refractivity contribution in [3.8, 4) is 0 Å². The first-order valence-electron chi connectivity index (χ1n) is 5.77. The second-order valence-electron chi connectivity index (χ2n) is 4.08. The van der Waals surface area contributed by atoms with Gasteiger partial charge in [0.2, 0.25) is 5.91 Å². The molecule has 18 heavy (non-hydrogen) atoms. The van der Waals surface area contributed by atoms with E-state index in [-0.39, 0.29) is 11.8 Å². The minimum absolute atomic E-state index is 0.153. The summed E-state index contributed by atoms with van der Waals surface area (Å²) in [5, 5.41) is 10.7. The van der Waals surface area contributed by atoms with Gasteiger partial charge in [-0.25, -0.2) is 5.43 Å². The first-order valence-corrected chi connectivity index (χ1v) is 5.77. The van der Waals surface area contributed by atoms with Crippen LogP contribution in [0.3, 0.4) is 0 Å². The van der Waals surface area contributed by atoms with Crippen molar-refractivity contribution in [3.05, 3.63) is 18.0 Å². The van der Waals surface area contributed by atoms with Crippen LogP contribution in [-0.4, -0.2) is 33.9 Å². The molecule has 0 aliphatic carbocycles. The maximum atomic E-state index is 11.7. The summed E-state index contributed by atoms with van der Waals surface area (Å²) in [6, 6.07) is 1.91. The van der Waals surface area contributed by atoms with Gasteiger partial charge in [-0.05, 0) is 6.07 Å². The zero-order valence-electron chi connectivity index (χ0n) is 10.1. The standard InChI is InChI=1S/C11H15N5O2/c1-16-7-5-8(15-16)4-6-12-11(18)9-2-3-10(17)14-13-9/h5,7H,2-4,6H2,1H3,(H,12,18)(H,14,17). The molecule has 1 aromatic rings. The highest BCUT2D eigenvalue weighted by Gasteiger charge is 2.17. The van der Waals surface area contributed by atoms with Crippen LogP contribution >= 0.6 is 0 Å². The normalized spacial score (nSPS) is 14.9. The van der Waals surface area contributed by atoms with E-state index in [2.05, 4.69) is 20.9 Å². The molecular formula is C11H15N5O2. The minimum Gasteiger partial charge on any atom is -0.351 e. The average molecular weight is 249 g/mol. The molecule has 0 saturated heterocycles. The van der Waals surface area contributed by atoms with E-state index in [4.69, 9.17) is 0 Å². The molecule has 0 spiro atoms. The molecule has 2 amide bonds. The molecule has 2 N–H and O–H groups in total. The molecule has 1 aliphatic heterocycles. The second-order valence-corrected chi connectivity index (χ2v) is 4.08. The molecule has 2 heterocycles. The third-order valence-electron chi connectivity index (χ3n) is 2.60. The monoisotopic (exact) mass is 249 g/mol. The van der Waals surface area contributed by atoms with Crippen molar-refractivity contribution in [2.75, 3.05) is 6.54 Å². The lowest BCUT2D eigenvalue weighted by Gasteiger charge is -2.11. The lowest BCUT2D eigenvalue weighted by atomic mass is 10.1. The predicted molar refractivity (Wildman–Crippen MR) is 64.7 cm³/mol. The Balaban J connectivity index is 1.77. The van der Waals surface area contributed by atoms with Crippen molar-refractivity contribution in [2.45, 2.75) is 19.3 Å². The topological polar surface area (TPSA) is 88.4 Å². The van der Waals surface area contributed by atoms with Crippen LogP contribution < -0.4 is 10.7 Å². The number of carbonyl (C=O) groups is 2. The summed E-state index contributed by atoms with van der Waals surface area (Å²) >= 11 is 0. The summed E-state index contributed by atoms with van der Waals surface area (Å²) in [6.07, 6.45) is 3.23. The van der Waals surface area contributed by atoms with E-state index in [1.165, 1.54) is 0 Å². The molecule has 0 atom stereocenters. The number of hydrogen-bond acceptors (Lipinski definition) is 4. The Bertz CT molecular complexity index is 491. The Morgan fingerprint density at radius 3 is 3.00 bits per heavy atom. The summed E-state index contributed by atoms with van der Waals surface area (Å²) in [5.41, 5.74) is 3.60. The maximum Gasteiger partial charge on any atom is 0.267 e. The number of carbonyl (C=O) groups excluding carboxylic acids is 2. The Morgan fingerprint density at radius 2 is 2.39 bits per heavy atom. The molecule has 0 saturated carbocycles. The minimum atomic E-state index is -0.231. The van der Waals surface area contributed by atoms with E-state index in [9.17, 15) is 9.59 Å². The number of amides is 2. The number of nitrogens with one attached hydrogen (secondary N) is 2. The molecule has 7 nitrogen and oxygen atoms in total. The van der Waals surface area contributed by atoms with Crippen LogP contribution in [-0.2, 0) is 23.1 Å². The van der Waals surface area contributed by atoms with Gasteiger partial charge in [-0.15, -0.1) is 0 Å². The van der Waals surface area contributed by atoms with Crippen LogP contribution in [0.5, 0.6) is 0 Å². The van der Waals surface area contributed by atoms with Crippen LogP contribution in [0.15, 0.2) is 17.4 Å². The van der Waals surface area contributed by atoms with Crippen LogP contribution in [0.4, 0.5) is 0 Å². The Morgan fingerprint density at radius 1 is 1.56 bits per heavy atom. The lowest BCUT2D eigenvalue weighted by Crippen LogP contribution is -2.37. The van der Waals surface area contributed by atoms with E-state index >= 15 is 0 Å². The van der Waals surface area contributed by atoms with Gasteiger partial charge in [0.1, 0.15) is 5.71 Å². The highest BCUT2D eigenvalue weighted by molar-refractivity contribution is 6.39. The SMILES string of the molecule is Cn1ccc(CCNC(=O)C2=NNC(=O)CC2)n1. The summed E-state index contributed by atoms with van der Waals surface area (Å²) < 4.78 is 1.72. The van der Waals surface area contributed by atoms with Gasteiger partial charge in [0, 0.05) is 39.1 Å². The van der Waals surface area contributed by atoms with Gasteiger partial charge in [0.05, 0.1) is 5.69 Å². The number of rotatable bonds is 4. The van der Waals surface area contributed by atoms with Gasteiger partial charge in [-0.2, -0.15) is 10.2 Å². The largest absolute Gasteiger partial charge is 0.351 e. The van der Waals surface area contributed by atoms with Gasteiger partial charge in [0.15, 0.2) is 0 Å². The van der Waals surface area contributed by atoms with Gasteiger partial charge in [0.25, 0.3) is 5.91 Å². The van der Waals surface area contributed by atoms with E-state index in [0.29, 0.717) is 31.5 Å². The van der Waals surface area contributed by atoms with E-state index in [1.807, 2.05) is 19.3 Å². The fourth-order valence-corrected chi connectivity index (χ4v) is 1.64. The van der Waals surface area contributed by atoms with Crippen LogP contribution in [0.2, 0.25) is 0 Å². The number of aryl methyl sites for hydroxylation is 1. The quantitative estimate of drug-likeness (QED) is 0.742. The zero-order valence-corrected chi connectivity index (χ0v) is 10.1. The van der Waals surface area contributed by atoms with Gasteiger partial charge in [-0.3, -0.25) is 14.3 Å². The smallest absolute Gasteiger partial charge is 0.267 e. The summed E-state index contributed by atoms with van der Waals surface area (Å²) in [6.45, 7) is 0.503. The zero-order chi connectivity index (χ0) is 13.0. The highest BCUT2D eigenvalue weighted by Crippen LogP contribution is 2.00. The first-order chi connectivity index (χ1) is 8.65. The Kier molecular flexibility index (Phi) is 3.71. The van der Waals surface area contributed by atoms with Crippen molar-refractivity contribution < 1.29 is 9.59 Å². The number of aromatic nitrogens is 2. The Labute approximate surface area is 104 Å². The molecule has 0 fully saturated rings. The number of hydrogen-bond donors (Lipinski definition) is 2. The van der Waals surface area contributed by atoms with Gasteiger partial charge >= 0.3 is 0 Å². The average Bonchev–Trinajstić information content (AvgIpc) is 2.76. The third-order valence-corrected chi connectivity index (χ3v) is 2.60. The second kappa shape index (κ2) is 5.44. The molecule has 1 aliphatic rings. The number of hydrazone groups is 1. The third kappa shape index (κ3) is 3.16. The van der Waals surface area contributed by atoms with Crippen LogP contribution in [0.1, 0.15) is 18.5 Å². The predicted octanol–water partition coefficient (Wildman–Crippen LogP) is -0.655. The fraction of sp³-hybridized carbons (Fsp3) is 0.455. The maximum absolute atomic E-state index is 11.7. The van der Waals surface area contributed by atoms with Crippen molar-refractivity contribution in [2.24, 2.45) is 12.1 Å². The van der Waals surface area contributed by atoms with Crippen molar-refractivity contribution >= 4 is 17.5 Å². The highest BCUT2D eigenvalue weighted by atomic mass is 16.2.